The minimum absolute atomic E-state index is 0.162. The predicted molar refractivity (Wildman–Crippen MR) is 79.7 cm³/mol. The molecule has 5 heteroatoms. The summed E-state index contributed by atoms with van der Waals surface area (Å²) >= 11 is 6.64. The third-order valence-corrected chi connectivity index (χ3v) is 3.36. The zero-order valence-electron chi connectivity index (χ0n) is 9.56. The van der Waals surface area contributed by atoms with Crippen LogP contribution in [-0.2, 0) is 0 Å². The molecular weight excluding hydrogens is 360 g/mol. The molecule has 0 saturated heterocycles. The van der Waals surface area contributed by atoms with Gasteiger partial charge in [-0.15, -0.1) is 0 Å². The lowest BCUT2D eigenvalue weighted by Crippen LogP contribution is -1.85. The Morgan fingerprint density at radius 2 is 2.06 bits per heavy atom. The number of hydrogen-bond donors (Lipinski definition) is 1. The topological polar surface area (TPSA) is 45.5 Å². The van der Waals surface area contributed by atoms with E-state index in [1.807, 2.05) is 19.1 Å². The molecule has 3 nitrogen and oxygen atoms in total. The lowest BCUT2D eigenvalue weighted by atomic mass is 10.2. The Balaban J connectivity index is 2.34. The molecule has 1 heterocycles. The third-order valence-electron chi connectivity index (χ3n) is 2.29. The summed E-state index contributed by atoms with van der Waals surface area (Å²) in [7, 11) is 0. The van der Waals surface area contributed by atoms with E-state index in [-0.39, 0.29) is 5.75 Å². The lowest BCUT2D eigenvalue weighted by molar-refractivity contribution is 0.471. The largest absolute Gasteiger partial charge is 0.506 e. The summed E-state index contributed by atoms with van der Waals surface area (Å²) < 4.78 is 1.49. The predicted octanol–water partition coefficient (Wildman–Crippen LogP) is 4.37. The Kier molecular flexibility index (Phi) is 4.14. The molecule has 0 saturated carbocycles. The van der Waals surface area contributed by atoms with Crippen molar-refractivity contribution in [1.29, 1.82) is 0 Å². The minimum atomic E-state index is 0.162. The molecule has 92 valence electrons. The number of aryl methyl sites for hydroxylation is 1. The highest BCUT2D eigenvalue weighted by atomic mass is 79.9. The van der Waals surface area contributed by atoms with E-state index in [2.05, 4.69) is 41.8 Å². The fourth-order valence-corrected chi connectivity index (χ4v) is 2.67. The van der Waals surface area contributed by atoms with Gasteiger partial charge in [-0.25, -0.2) is 9.98 Å². The van der Waals surface area contributed by atoms with Gasteiger partial charge in [-0.2, -0.15) is 0 Å². The van der Waals surface area contributed by atoms with Crippen LogP contribution in [0, 0.1) is 6.92 Å². The molecule has 0 unspecified atom stereocenters. The van der Waals surface area contributed by atoms with Crippen LogP contribution in [0.25, 0.3) is 0 Å². The fraction of sp³-hybridized carbons (Fsp3) is 0.0769. The van der Waals surface area contributed by atoms with Gasteiger partial charge in [0.25, 0.3) is 0 Å². The molecule has 1 N–H and O–H groups in total. The second-order valence-electron chi connectivity index (χ2n) is 3.78. The number of hydrogen-bond acceptors (Lipinski definition) is 3. The van der Waals surface area contributed by atoms with Gasteiger partial charge in [0, 0.05) is 22.4 Å². The Hall–Kier alpha value is -1.20. The second kappa shape index (κ2) is 5.63. The third kappa shape index (κ3) is 3.17. The normalized spacial score (nSPS) is 11.1. The first-order valence-corrected chi connectivity index (χ1v) is 6.79. The summed E-state index contributed by atoms with van der Waals surface area (Å²) in [6.07, 6.45) is 3.30. The zero-order valence-corrected chi connectivity index (χ0v) is 12.7. The van der Waals surface area contributed by atoms with Crippen LogP contribution < -0.4 is 0 Å². The summed E-state index contributed by atoms with van der Waals surface area (Å²) in [5.41, 5.74) is 1.72. The molecule has 0 fully saturated rings. The highest BCUT2D eigenvalue weighted by Crippen LogP contribution is 2.30. The maximum absolute atomic E-state index is 9.88. The number of phenolic OH excluding ortho intramolecular Hbond substituents is 1. The number of aromatic nitrogens is 1. The SMILES string of the molecule is Cc1ccnc(N=Cc2cc(Br)cc(Br)c2O)c1. The van der Waals surface area contributed by atoms with Gasteiger partial charge in [0.05, 0.1) is 4.47 Å². The summed E-state index contributed by atoms with van der Waals surface area (Å²) in [5.74, 6) is 0.778. The molecule has 1 aromatic heterocycles. The molecule has 1 aromatic carbocycles. The van der Waals surface area contributed by atoms with Crippen LogP contribution in [-0.4, -0.2) is 16.3 Å². The van der Waals surface area contributed by atoms with Crippen LogP contribution in [0.15, 0.2) is 44.4 Å². The quantitative estimate of drug-likeness (QED) is 0.798. The Morgan fingerprint density at radius 3 is 2.78 bits per heavy atom. The summed E-state index contributed by atoms with van der Waals surface area (Å²) in [4.78, 5) is 8.37. The van der Waals surface area contributed by atoms with E-state index < -0.39 is 0 Å². The molecule has 0 aliphatic carbocycles. The maximum Gasteiger partial charge on any atom is 0.151 e. The van der Waals surface area contributed by atoms with E-state index in [0.29, 0.717) is 15.9 Å². The van der Waals surface area contributed by atoms with Crippen molar-refractivity contribution in [2.45, 2.75) is 6.92 Å². The first-order valence-electron chi connectivity index (χ1n) is 5.21. The number of halogens is 2. The number of aromatic hydroxyl groups is 1. The lowest BCUT2D eigenvalue weighted by Gasteiger charge is -2.02. The van der Waals surface area contributed by atoms with Gasteiger partial charge >= 0.3 is 0 Å². The highest BCUT2D eigenvalue weighted by molar-refractivity contribution is 9.11. The smallest absolute Gasteiger partial charge is 0.151 e. The van der Waals surface area contributed by atoms with Crippen molar-refractivity contribution in [3.8, 4) is 5.75 Å². The van der Waals surface area contributed by atoms with Crippen LogP contribution >= 0.6 is 31.9 Å². The van der Waals surface area contributed by atoms with Crippen molar-refractivity contribution in [2.75, 3.05) is 0 Å². The first-order chi connectivity index (χ1) is 8.56. The monoisotopic (exact) mass is 368 g/mol. The molecule has 2 aromatic rings. The molecule has 0 aliphatic heterocycles. The average molecular weight is 370 g/mol. The van der Waals surface area contributed by atoms with Crippen molar-refractivity contribution in [1.82, 2.24) is 4.98 Å². The van der Waals surface area contributed by atoms with Crippen molar-refractivity contribution >= 4 is 43.9 Å². The molecule has 0 amide bonds. The van der Waals surface area contributed by atoms with Gasteiger partial charge in [0.1, 0.15) is 5.75 Å². The van der Waals surface area contributed by atoms with Gasteiger partial charge in [-0.1, -0.05) is 15.9 Å². The first kappa shape index (κ1) is 13.2. The van der Waals surface area contributed by atoms with Crippen molar-refractivity contribution in [3.63, 3.8) is 0 Å². The standard InChI is InChI=1S/C13H10Br2N2O/c1-8-2-3-16-12(4-8)17-7-9-5-10(14)6-11(15)13(9)18/h2-7,18H,1H3. The highest BCUT2D eigenvalue weighted by Gasteiger charge is 2.05. The molecule has 0 bridgehead atoms. The van der Waals surface area contributed by atoms with E-state index >= 15 is 0 Å². The van der Waals surface area contributed by atoms with Crippen molar-refractivity contribution < 1.29 is 5.11 Å². The average Bonchev–Trinajstić information content (AvgIpc) is 2.32. The Bertz CT molecular complexity index is 612. The van der Waals surface area contributed by atoms with Gasteiger partial charge in [0.2, 0.25) is 0 Å². The molecule has 0 atom stereocenters. The molecule has 18 heavy (non-hydrogen) atoms. The van der Waals surface area contributed by atoms with Crippen molar-refractivity contribution in [3.05, 3.63) is 50.5 Å². The van der Waals surface area contributed by atoms with Gasteiger partial charge in [0.15, 0.2) is 5.82 Å². The van der Waals surface area contributed by atoms with E-state index in [4.69, 9.17) is 0 Å². The summed E-state index contributed by atoms with van der Waals surface area (Å²) in [6, 6.07) is 7.35. The van der Waals surface area contributed by atoms with Crippen LogP contribution in [0.5, 0.6) is 5.75 Å². The van der Waals surface area contributed by atoms with Crippen LogP contribution in [0.4, 0.5) is 5.82 Å². The molecule has 0 aliphatic rings. The second-order valence-corrected chi connectivity index (χ2v) is 5.55. The zero-order chi connectivity index (χ0) is 13.1. The minimum Gasteiger partial charge on any atom is -0.506 e. The van der Waals surface area contributed by atoms with Crippen molar-refractivity contribution in [2.24, 2.45) is 4.99 Å². The number of nitrogens with zero attached hydrogens (tertiary/aromatic N) is 2. The molecule has 0 spiro atoms. The maximum atomic E-state index is 9.88. The number of aliphatic imine (C=N–C) groups is 1. The Labute approximate surface area is 122 Å². The number of pyridine rings is 1. The molecule has 0 radical (unpaired) electrons. The fourth-order valence-electron chi connectivity index (χ4n) is 1.41. The van der Waals surface area contributed by atoms with Gasteiger partial charge in [-0.3, -0.25) is 0 Å². The number of phenols is 1. The van der Waals surface area contributed by atoms with Gasteiger partial charge < -0.3 is 5.11 Å². The summed E-state index contributed by atoms with van der Waals surface area (Å²) in [5, 5.41) is 9.88. The van der Waals surface area contributed by atoms with Crippen LogP contribution in [0.2, 0.25) is 0 Å². The van der Waals surface area contributed by atoms with E-state index in [0.717, 1.165) is 10.0 Å². The van der Waals surface area contributed by atoms with Gasteiger partial charge in [-0.05, 0) is 52.7 Å². The molecule has 2 rings (SSSR count). The van der Waals surface area contributed by atoms with E-state index in [1.165, 1.54) is 0 Å². The Morgan fingerprint density at radius 1 is 1.28 bits per heavy atom. The molecular formula is C13H10Br2N2O. The van der Waals surface area contributed by atoms with E-state index in [9.17, 15) is 5.11 Å². The summed E-state index contributed by atoms with van der Waals surface area (Å²) in [6.45, 7) is 1.98. The number of rotatable bonds is 2. The van der Waals surface area contributed by atoms with Crippen LogP contribution in [0.3, 0.4) is 0 Å². The van der Waals surface area contributed by atoms with Crippen LogP contribution in [0.1, 0.15) is 11.1 Å². The number of benzene rings is 1. The van der Waals surface area contributed by atoms with E-state index in [1.54, 1.807) is 24.5 Å².